The number of rotatable bonds is 13. The topological polar surface area (TPSA) is 264 Å². The van der Waals surface area contributed by atoms with Gasteiger partial charge in [-0.1, -0.05) is 47.1 Å². The van der Waals surface area contributed by atoms with Gasteiger partial charge in [-0.2, -0.15) is 0 Å². The van der Waals surface area contributed by atoms with Crippen molar-refractivity contribution in [1.29, 1.82) is 0 Å². The molecule has 430 valence electrons. The van der Waals surface area contributed by atoms with Crippen LogP contribution < -0.4 is 0 Å². The number of ketones is 1. The van der Waals surface area contributed by atoms with Crippen LogP contribution in [0.2, 0.25) is 0 Å². The third kappa shape index (κ3) is 10.9. The summed E-state index contributed by atoms with van der Waals surface area (Å²) in [4.78, 5) is 118. The van der Waals surface area contributed by atoms with E-state index in [9.17, 15) is 38.4 Å². The van der Waals surface area contributed by atoms with Crippen molar-refractivity contribution >= 4 is 53.5 Å². The first-order valence-corrected chi connectivity index (χ1v) is 26.8. The van der Waals surface area contributed by atoms with Crippen molar-refractivity contribution in [1.82, 2.24) is 0 Å². The molecule has 0 bridgehead atoms. The van der Waals surface area contributed by atoms with Crippen molar-refractivity contribution in [3.8, 4) is 0 Å². The second-order valence-corrected chi connectivity index (χ2v) is 24.5. The van der Waals surface area contributed by atoms with E-state index in [4.69, 9.17) is 56.8 Å². The standard InChI is InChI=1S/C56H80O21/c1-27(57)68-26-36-39(76-49-45(73-32(6)62)42(71-30(4)60)41(70-29(3)59)43(77-49)47(64)66-14)40(69-28(2)58)44(72-31(5)61)48(74-36)75-38-17-18-54(11)37(51(38,7)8)16-19-56(13)46(54)35(63)24-33-34-25-53(10,50(65)67-15)21-20-52(34,9)22-23-55(33,56)12/h24,34,36-46,48-49H,16-23,25-26H2,1-15H3/t34-,36-,37+,38+,39-,40+,41+,42+,43+,44-,45-,46-,48+,49+,52-,53+,54+,55-,56-/m1/s1. The number of allylic oxidation sites excluding steroid dienone is 2. The highest BCUT2D eigenvalue weighted by Crippen LogP contribution is 2.75. The van der Waals surface area contributed by atoms with Crippen LogP contribution in [0.15, 0.2) is 11.6 Å². The first-order chi connectivity index (χ1) is 35.8. The third-order valence-corrected chi connectivity index (χ3v) is 19.3. The molecule has 0 N–H and O–H groups in total. The summed E-state index contributed by atoms with van der Waals surface area (Å²) in [6.45, 7) is 21.2. The lowest BCUT2D eigenvalue weighted by molar-refractivity contribution is -0.367. The molecule has 2 heterocycles. The number of fused-ring (bicyclic) bond motifs is 7. The molecular formula is C56H80O21. The molecule has 19 atom stereocenters. The highest BCUT2D eigenvalue weighted by molar-refractivity contribution is 5.96. The Bertz CT molecular complexity index is 2400. The van der Waals surface area contributed by atoms with Gasteiger partial charge in [-0.3, -0.25) is 38.4 Å². The zero-order chi connectivity index (χ0) is 57.1. The fourth-order valence-corrected chi connectivity index (χ4v) is 15.5. The molecule has 7 aliphatic rings. The maximum absolute atomic E-state index is 15.2. The van der Waals surface area contributed by atoms with Crippen LogP contribution in [0.5, 0.6) is 0 Å². The molecular weight excluding hydrogens is 1010 g/mol. The summed E-state index contributed by atoms with van der Waals surface area (Å²) in [7, 11) is 2.46. The normalized spacial score (nSPS) is 41.9. The molecule has 21 heteroatoms. The Hall–Kier alpha value is -4.99. The quantitative estimate of drug-likeness (QED) is 0.121. The van der Waals surface area contributed by atoms with Crippen molar-refractivity contribution in [3.63, 3.8) is 0 Å². The zero-order valence-corrected chi connectivity index (χ0v) is 47.3. The average molecular weight is 1090 g/mol. The molecule has 2 aliphatic heterocycles. The van der Waals surface area contributed by atoms with E-state index in [1.165, 1.54) is 7.11 Å². The third-order valence-electron chi connectivity index (χ3n) is 19.3. The summed E-state index contributed by atoms with van der Waals surface area (Å²) in [5.74, 6) is -6.95. The maximum atomic E-state index is 15.2. The van der Waals surface area contributed by atoms with Gasteiger partial charge >= 0.3 is 47.8 Å². The smallest absolute Gasteiger partial charge is 0.339 e. The Morgan fingerprint density at radius 1 is 0.584 bits per heavy atom. The van der Waals surface area contributed by atoms with Gasteiger partial charge in [0, 0.05) is 47.5 Å². The second kappa shape index (κ2) is 21.9. The number of esters is 8. The Balaban J connectivity index is 1.23. The molecule has 2 saturated heterocycles. The molecule has 6 fully saturated rings. The Labute approximate surface area is 450 Å². The largest absolute Gasteiger partial charge is 0.469 e. The lowest BCUT2D eigenvalue weighted by Gasteiger charge is -2.70. The predicted molar refractivity (Wildman–Crippen MR) is 265 cm³/mol. The summed E-state index contributed by atoms with van der Waals surface area (Å²) in [6, 6.07) is 0. The van der Waals surface area contributed by atoms with Crippen LogP contribution in [0.3, 0.4) is 0 Å². The summed E-state index contributed by atoms with van der Waals surface area (Å²) < 4.78 is 70.4. The van der Waals surface area contributed by atoms with Crippen LogP contribution >= 0.6 is 0 Å². The maximum Gasteiger partial charge on any atom is 0.339 e. The van der Waals surface area contributed by atoms with E-state index >= 15 is 4.79 Å². The van der Waals surface area contributed by atoms with Gasteiger partial charge in [0.25, 0.3) is 0 Å². The molecule has 4 saturated carbocycles. The van der Waals surface area contributed by atoms with E-state index < -0.39 is 138 Å². The number of methoxy groups -OCH3 is 2. The van der Waals surface area contributed by atoms with Crippen LogP contribution in [0.25, 0.3) is 0 Å². The Morgan fingerprint density at radius 2 is 1.12 bits per heavy atom. The van der Waals surface area contributed by atoms with Gasteiger partial charge in [-0.05, 0) is 110 Å². The minimum Gasteiger partial charge on any atom is -0.469 e. The van der Waals surface area contributed by atoms with E-state index in [-0.39, 0.29) is 40.3 Å². The highest BCUT2D eigenvalue weighted by atomic mass is 16.8. The molecule has 0 aromatic rings. The second-order valence-electron chi connectivity index (χ2n) is 24.5. The first kappa shape index (κ1) is 59.7. The summed E-state index contributed by atoms with van der Waals surface area (Å²) in [6.07, 6.45) is -9.21. The number of ether oxygens (including phenoxy) is 12. The van der Waals surface area contributed by atoms with Gasteiger partial charge < -0.3 is 56.8 Å². The predicted octanol–water partition coefficient (Wildman–Crippen LogP) is 5.75. The SMILES string of the molecule is COC(=O)[C@H]1O[C@H](O[C@H]2[C@H](OC(C)=O)[C@@H](OC(C)=O)[C@H](O[C@H]3CC[C@]4(C)[C@H]5C(=O)C=C6[C@H]7C[C@@](C)(C(=O)OC)CC[C@]7(C)CC[C@@]6(C)[C@]5(C)CC[C@H]4C3(C)C)O[C@@H]2COC(C)=O)[C@H](OC(C)=O)[C@@H](OC(C)=O)[C@@H]1OC(C)=O. The molecule has 0 aromatic heterocycles. The zero-order valence-electron chi connectivity index (χ0n) is 47.3. The fraction of sp³-hybridized carbons (Fsp3) is 0.804. The molecule has 0 aromatic carbocycles. The molecule has 7 rings (SSSR count). The van der Waals surface area contributed by atoms with E-state index in [0.29, 0.717) is 19.3 Å². The number of carbonyl (C=O) groups excluding carboxylic acids is 9. The molecule has 0 unspecified atom stereocenters. The van der Waals surface area contributed by atoms with E-state index in [1.807, 2.05) is 13.0 Å². The van der Waals surface area contributed by atoms with Gasteiger partial charge in [0.15, 0.2) is 55.0 Å². The van der Waals surface area contributed by atoms with Crippen LogP contribution in [-0.4, -0.2) is 142 Å². The van der Waals surface area contributed by atoms with Gasteiger partial charge in [0.05, 0.1) is 25.7 Å². The lowest BCUT2D eigenvalue weighted by atomic mass is 9.33. The van der Waals surface area contributed by atoms with E-state index in [1.54, 1.807) is 0 Å². The molecule has 77 heavy (non-hydrogen) atoms. The average Bonchev–Trinajstić information content (AvgIpc) is 3.46. The van der Waals surface area contributed by atoms with Crippen LogP contribution in [0, 0.1) is 50.2 Å². The van der Waals surface area contributed by atoms with Gasteiger partial charge in [0.2, 0.25) is 0 Å². The van der Waals surface area contributed by atoms with Gasteiger partial charge in [0.1, 0.15) is 18.8 Å². The minimum atomic E-state index is -1.95. The van der Waals surface area contributed by atoms with Crippen molar-refractivity contribution in [2.75, 3.05) is 20.8 Å². The van der Waals surface area contributed by atoms with Crippen LogP contribution in [0.4, 0.5) is 0 Å². The van der Waals surface area contributed by atoms with Crippen LogP contribution in [-0.2, 0) is 100.0 Å². The van der Waals surface area contributed by atoms with Gasteiger partial charge in [-0.15, -0.1) is 0 Å². The minimum absolute atomic E-state index is 0.0395. The molecule has 21 nitrogen and oxygen atoms in total. The van der Waals surface area contributed by atoms with Crippen molar-refractivity contribution < 1.29 is 100.0 Å². The molecule has 0 amide bonds. The Kier molecular flexibility index (Phi) is 17.0. The fourth-order valence-electron chi connectivity index (χ4n) is 15.5. The summed E-state index contributed by atoms with van der Waals surface area (Å²) in [5.41, 5.74) is -1.48. The first-order valence-electron chi connectivity index (χ1n) is 26.8. The lowest BCUT2D eigenvalue weighted by Crippen LogP contribution is -2.69. The molecule has 0 spiro atoms. The van der Waals surface area contributed by atoms with Crippen molar-refractivity contribution in [2.24, 2.45) is 50.2 Å². The monoisotopic (exact) mass is 1090 g/mol. The summed E-state index contributed by atoms with van der Waals surface area (Å²) >= 11 is 0. The Morgan fingerprint density at radius 3 is 1.66 bits per heavy atom. The van der Waals surface area contributed by atoms with Crippen molar-refractivity contribution in [3.05, 3.63) is 11.6 Å². The summed E-state index contributed by atoms with van der Waals surface area (Å²) in [5, 5.41) is 0. The van der Waals surface area contributed by atoms with E-state index in [2.05, 4.69) is 41.5 Å². The highest BCUT2D eigenvalue weighted by Gasteiger charge is 2.71. The number of carbonyl (C=O) groups is 9. The number of hydrogen-bond donors (Lipinski definition) is 0. The van der Waals surface area contributed by atoms with Gasteiger partial charge in [-0.25, -0.2) is 4.79 Å². The van der Waals surface area contributed by atoms with Crippen LogP contribution in [0.1, 0.15) is 148 Å². The molecule has 5 aliphatic carbocycles. The number of hydrogen-bond acceptors (Lipinski definition) is 21. The van der Waals surface area contributed by atoms with E-state index in [0.717, 1.165) is 92.8 Å². The van der Waals surface area contributed by atoms with Crippen molar-refractivity contribution in [2.45, 2.75) is 215 Å². The molecule has 0 radical (unpaired) electrons.